The molecule has 8 heteroatoms. The van der Waals surface area contributed by atoms with Crippen LogP contribution in [0.15, 0.2) is 6.20 Å². The third-order valence-corrected chi connectivity index (χ3v) is 2.46. The predicted octanol–water partition coefficient (Wildman–Crippen LogP) is -0.366. The van der Waals surface area contributed by atoms with E-state index in [-0.39, 0.29) is 24.9 Å². The zero-order valence-corrected chi connectivity index (χ0v) is 9.78. The summed E-state index contributed by atoms with van der Waals surface area (Å²) in [4.78, 5) is 32.0. The van der Waals surface area contributed by atoms with Crippen LogP contribution in [0.1, 0.15) is 0 Å². The maximum absolute atomic E-state index is 11.2. The third kappa shape index (κ3) is 2.44. The van der Waals surface area contributed by atoms with Gasteiger partial charge in [0, 0.05) is 7.05 Å². The molecule has 2 heterocycles. The van der Waals surface area contributed by atoms with Crippen LogP contribution in [0.2, 0.25) is 5.02 Å². The average Bonchev–Trinajstić information content (AvgIpc) is 2.28. The van der Waals surface area contributed by atoms with Crippen LogP contribution in [-0.2, 0) is 9.59 Å². The van der Waals surface area contributed by atoms with Crippen LogP contribution in [-0.4, -0.2) is 41.9 Å². The number of hydrogen-bond donors (Lipinski definition) is 2. The molecule has 0 aromatic carbocycles. The molecule has 7 nitrogen and oxygen atoms in total. The Labute approximate surface area is 102 Å². The van der Waals surface area contributed by atoms with Crippen molar-refractivity contribution in [2.45, 2.75) is 0 Å². The van der Waals surface area contributed by atoms with E-state index < -0.39 is 0 Å². The van der Waals surface area contributed by atoms with Crippen molar-refractivity contribution < 1.29 is 9.59 Å². The second-order valence-corrected chi connectivity index (χ2v) is 3.85. The Hall–Kier alpha value is -1.89. The normalized spacial score (nSPS) is 15.8. The highest BCUT2D eigenvalue weighted by Gasteiger charge is 2.25. The number of carbonyl (C=O) groups is 2. The molecular formula is C9H10ClN5O2. The third-order valence-electron chi connectivity index (χ3n) is 2.20. The SMILES string of the molecule is CNc1ncc(Cl)c(N2CC(=O)NC(=O)C2)n1. The number of carbonyl (C=O) groups excluding carboxylic acids is 2. The van der Waals surface area contributed by atoms with Crippen molar-refractivity contribution in [2.75, 3.05) is 30.4 Å². The molecule has 1 aromatic heterocycles. The number of rotatable bonds is 2. The standard InChI is InChI=1S/C9H10ClN5O2/c1-11-9-12-2-5(10)8(14-9)15-3-6(16)13-7(17)4-15/h2H,3-4H2,1H3,(H,11,12,14)(H,13,16,17). The minimum absolute atomic E-state index is 0.0472. The van der Waals surface area contributed by atoms with Crippen molar-refractivity contribution in [2.24, 2.45) is 0 Å². The fourth-order valence-corrected chi connectivity index (χ4v) is 1.70. The smallest absolute Gasteiger partial charge is 0.246 e. The number of piperazine rings is 1. The maximum atomic E-state index is 11.2. The molecule has 2 N–H and O–H groups in total. The van der Waals surface area contributed by atoms with E-state index in [9.17, 15) is 9.59 Å². The molecule has 0 saturated carbocycles. The monoisotopic (exact) mass is 255 g/mol. The molecule has 0 spiro atoms. The van der Waals surface area contributed by atoms with E-state index in [4.69, 9.17) is 11.6 Å². The molecule has 1 aliphatic rings. The van der Waals surface area contributed by atoms with Crippen molar-refractivity contribution in [3.8, 4) is 0 Å². The molecule has 0 unspecified atom stereocenters. The van der Waals surface area contributed by atoms with Gasteiger partial charge in [0.05, 0.1) is 19.3 Å². The first-order valence-corrected chi connectivity index (χ1v) is 5.26. The highest BCUT2D eigenvalue weighted by Crippen LogP contribution is 2.23. The van der Waals surface area contributed by atoms with Gasteiger partial charge >= 0.3 is 0 Å². The van der Waals surface area contributed by atoms with Crippen LogP contribution in [0.4, 0.5) is 11.8 Å². The topological polar surface area (TPSA) is 87.2 Å². The number of nitrogens with zero attached hydrogens (tertiary/aromatic N) is 3. The summed E-state index contributed by atoms with van der Waals surface area (Å²) in [5.41, 5.74) is 0. The molecule has 0 atom stereocenters. The number of amides is 2. The number of anilines is 2. The Bertz CT molecular complexity index is 462. The van der Waals surface area contributed by atoms with Gasteiger partial charge < -0.3 is 10.2 Å². The van der Waals surface area contributed by atoms with Gasteiger partial charge in [0.15, 0.2) is 5.82 Å². The Morgan fingerprint density at radius 1 is 1.41 bits per heavy atom. The maximum Gasteiger partial charge on any atom is 0.246 e. The first kappa shape index (κ1) is 11.6. The minimum atomic E-state index is -0.373. The molecular weight excluding hydrogens is 246 g/mol. The van der Waals surface area contributed by atoms with Crippen LogP contribution in [0.5, 0.6) is 0 Å². The predicted molar refractivity (Wildman–Crippen MR) is 62.0 cm³/mol. The Kier molecular flexibility index (Phi) is 3.10. The van der Waals surface area contributed by atoms with Crippen LogP contribution in [0.3, 0.4) is 0 Å². The second kappa shape index (κ2) is 4.54. The molecule has 17 heavy (non-hydrogen) atoms. The van der Waals surface area contributed by atoms with E-state index in [2.05, 4.69) is 20.6 Å². The van der Waals surface area contributed by atoms with Gasteiger partial charge in [-0.05, 0) is 0 Å². The number of hydrogen-bond acceptors (Lipinski definition) is 6. The van der Waals surface area contributed by atoms with Gasteiger partial charge in [-0.25, -0.2) is 4.98 Å². The summed E-state index contributed by atoms with van der Waals surface area (Å²) >= 11 is 5.94. The van der Waals surface area contributed by atoms with Crippen molar-refractivity contribution in [3.63, 3.8) is 0 Å². The molecule has 1 fully saturated rings. The summed E-state index contributed by atoms with van der Waals surface area (Å²) in [6.07, 6.45) is 1.42. The van der Waals surface area contributed by atoms with Gasteiger partial charge in [-0.1, -0.05) is 11.6 Å². The van der Waals surface area contributed by atoms with Gasteiger partial charge in [-0.15, -0.1) is 0 Å². The number of nitrogens with one attached hydrogen (secondary N) is 2. The summed E-state index contributed by atoms with van der Waals surface area (Å²) < 4.78 is 0. The van der Waals surface area contributed by atoms with Crippen molar-refractivity contribution in [3.05, 3.63) is 11.2 Å². The quantitative estimate of drug-likeness (QED) is 0.702. The molecule has 0 aliphatic carbocycles. The average molecular weight is 256 g/mol. The zero-order chi connectivity index (χ0) is 12.4. The molecule has 1 aliphatic heterocycles. The van der Waals surface area contributed by atoms with E-state index in [1.54, 1.807) is 7.05 Å². The van der Waals surface area contributed by atoms with E-state index in [0.29, 0.717) is 16.8 Å². The molecule has 0 radical (unpaired) electrons. The summed E-state index contributed by atoms with van der Waals surface area (Å²) in [7, 11) is 1.67. The lowest BCUT2D eigenvalue weighted by molar-refractivity contribution is -0.130. The van der Waals surface area contributed by atoms with Gasteiger partial charge in [-0.2, -0.15) is 4.98 Å². The van der Waals surface area contributed by atoms with Crippen LogP contribution >= 0.6 is 11.6 Å². The number of halogens is 1. The minimum Gasteiger partial charge on any atom is -0.357 e. The Morgan fingerprint density at radius 3 is 2.65 bits per heavy atom. The first-order valence-electron chi connectivity index (χ1n) is 4.88. The van der Waals surface area contributed by atoms with Gasteiger partial charge in [-0.3, -0.25) is 14.9 Å². The van der Waals surface area contributed by atoms with E-state index >= 15 is 0 Å². The molecule has 2 rings (SSSR count). The molecule has 1 saturated heterocycles. The summed E-state index contributed by atoms with van der Waals surface area (Å²) in [6.45, 7) is 0.0945. The number of aromatic nitrogens is 2. The van der Waals surface area contributed by atoms with Gasteiger partial charge in [0.1, 0.15) is 5.02 Å². The lowest BCUT2D eigenvalue weighted by Crippen LogP contribution is -2.51. The molecule has 0 bridgehead atoms. The van der Waals surface area contributed by atoms with E-state index in [0.717, 1.165) is 0 Å². The van der Waals surface area contributed by atoms with Crippen LogP contribution in [0.25, 0.3) is 0 Å². The van der Waals surface area contributed by atoms with Gasteiger partial charge in [0.2, 0.25) is 17.8 Å². The van der Waals surface area contributed by atoms with E-state index in [1.165, 1.54) is 11.1 Å². The summed E-state index contributed by atoms with van der Waals surface area (Å²) in [6, 6.07) is 0. The summed E-state index contributed by atoms with van der Waals surface area (Å²) in [5, 5.41) is 5.27. The van der Waals surface area contributed by atoms with Crippen molar-refractivity contribution in [1.82, 2.24) is 15.3 Å². The molecule has 1 aromatic rings. The highest BCUT2D eigenvalue weighted by molar-refractivity contribution is 6.33. The van der Waals surface area contributed by atoms with Crippen LogP contribution in [0, 0.1) is 0 Å². The highest BCUT2D eigenvalue weighted by atomic mass is 35.5. The zero-order valence-electron chi connectivity index (χ0n) is 9.03. The van der Waals surface area contributed by atoms with Crippen molar-refractivity contribution in [1.29, 1.82) is 0 Å². The molecule has 90 valence electrons. The second-order valence-electron chi connectivity index (χ2n) is 3.44. The number of imide groups is 1. The summed E-state index contributed by atoms with van der Waals surface area (Å²) in [5.74, 6) is 0.000852. The Morgan fingerprint density at radius 2 is 2.06 bits per heavy atom. The Balaban J connectivity index is 2.32. The van der Waals surface area contributed by atoms with Crippen LogP contribution < -0.4 is 15.5 Å². The fourth-order valence-electron chi connectivity index (χ4n) is 1.49. The van der Waals surface area contributed by atoms with E-state index in [1.807, 2.05) is 0 Å². The lowest BCUT2D eigenvalue weighted by atomic mass is 10.3. The first-order chi connectivity index (χ1) is 8.10. The van der Waals surface area contributed by atoms with Crippen molar-refractivity contribution >= 4 is 35.2 Å². The van der Waals surface area contributed by atoms with Gasteiger partial charge in [0.25, 0.3) is 0 Å². The molecule has 2 amide bonds. The largest absolute Gasteiger partial charge is 0.357 e. The fraction of sp³-hybridized carbons (Fsp3) is 0.333. The lowest BCUT2D eigenvalue weighted by Gasteiger charge is -2.26.